The van der Waals surface area contributed by atoms with E-state index >= 15 is 0 Å². The Hall–Kier alpha value is -4.96. The Labute approximate surface area is 304 Å². The van der Waals surface area contributed by atoms with Gasteiger partial charge in [-0.3, -0.25) is 9.88 Å². The van der Waals surface area contributed by atoms with Crippen LogP contribution in [0.5, 0.6) is 17.2 Å². The summed E-state index contributed by atoms with van der Waals surface area (Å²) >= 11 is 0. The molecule has 0 aliphatic carbocycles. The van der Waals surface area contributed by atoms with Crippen molar-refractivity contribution in [1.29, 1.82) is 0 Å². The zero-order valence-corrected chi connectivity index (χ0v) is 30.2. The van der Waals surface area contributed by atoms with Crippen molar-refractivity contribution in [3.8, 4) is 28.5 Å². The van der Waals surface area contributed by atoms with Crippen LogP contribution in [0.15, 0.2) is 103 Å². The van der Waals surface area contributed by atoms with Gasteiger partial charge in [0.1, 0.15) is 5.75 Å². The van der Waals surface area contributed by atoms with Gasteiger partial charge in [0.25, 0.3) is 0 Å². The Balaban J connectivity index is 1.18. The van der Waals surface area contributed by atoms with Gasteiger partial charge in [0, 0.05) is 49.7 Å². The van der Waals surface area contributed by atoms with Crippen LogP contribution >= 0.6 is 0 Å². The van der Waals surface area contributed by atoms with Crippen LogP contribution < -0.4 is 24.4 Å². The van der Waals surface area contributed by atoms with Crippen LogP contribution in [0.2, 0.25) is 0 Å². The van der Waals surface area contributed by atoms with Crippen molar-refractivity contribution in [2.24, 2.45) is 0 Å². The number of ether oxygens (including phenoxy) is 3. The molecule has 0 bridgehead atoms. The van der Waals surface area contributed by atoms with E-state index < -0.39 is 6.36 Å². The number of pyridine rings is 1. The lowest BCUT2D eigenvalue weighted by atomic mass is 9.95. The van der Waals surface area contributed by atoms with Gasteiger partial charge in [0.2, 0.25) is 0 Å². The largest absolute Gasteiger partial charge is 0.573 e. The minimum atomic E-state index is -4.75. The number of dihydropyridines is 1. The number of rotatable bonds is 13. The average molecular weight is 713 g/mol. The minimum Gasteiger partial charge on any atom is -0.493 e. The lowest BCUT2D eigenvalue weighted by Gasteiger charge is -2.40. The standard InChI is InChI=1S/C42H47F3N4O3/c1-5-6-30-21-29(2)22-34(23-30)39-24-31(13-17-47-39)27-48-19-15-36(16-20-48)49(35-8-10-37(11-9-35)52-42(43,44)45)28-32-14-18-46-38(25-32)33-7-12-40(50-3)41(26-33)51-4/h7-14,17-18,21-26,36,39,47H,5-6,15-16,19-20,27-28H2,1-4H3. The Bertz CT molecular complexity index is 1870. The third kappa shape index (κ3) is 9.47. The number of anilines is 1. The number of aromatic nitrogens is 1. The second-order valence-electron chi connectivity index (χ2n) is 13.5. The Morgan fingerprint density at radius 1 is 0.904 bits per heavy atom. The van der Waals surface area contributed by atoms with E-state index in [9.17, 15) is 13.2 Å². The van der Waals surface area contributed by atoms with Gasteiger partial charge in [-0.15, -0.1) is 13.2 Å². The third-order valence-corrected chi connectivity index (χ3v) is 9.67. The number of nitrogens with zero attached hydrogens (tertiary/aromatic N) is 3. The molecule has 2 aliphatic rings. The van der Waals surface area contributed by atoms with Crippen LogP contribution in [0.1, 0.15) is 54.5 Å². The average Bonchev–Trinajstić information content (AvgIpc) is 3.14. The van der Waals surface area contributed by atoms with Crippen LogP contribution in [-0.2, 0) is 13.0 Å². The Kier molecular flexibility index (Phi) is 11.7. The van der Waals surface area contributed by atoms with E-state index in [1.807, 2.05) is 24.3 Å². The third-order valence-electron chi connectivity index (χ3n) is 9.67. The maximum Gasteiger partial charge on any atom is 0.573 e. The minimum absolute atomic E-state index is 0.136. The molecule has 3 heterocycles. The van der Waals surface area contributed by atoms with Gasteiger partial charge in [-0.1, -0.05) is 43.2 Å². The molecule has 1 fully saturated rings. The van der Waals surface area contributed by atoms with E-state index in [1.54, 1.807) is 32.5 Å². The van der Waals surface area contributed by atoms with E-state index in [0.717, 1.165) is 67.8 Å². The highest BCUT2D eigenvalue weighted by Gasteiger charge is 2.31. The smallest absolute Gasteiger partial charge is 0.493 e. The summed E-state index contributed by atoms with van der Waals surface area (Å²) in [5.74, 6) is 1.02. The number of aryl methyl sites for hydroxylation is 2. The van der Waals surface area contributed by atoms with Crippen LogP contribution in [0.25, 0.3) is 11.3 Å². The summed E-state index contributed by atoms with van der Waals surface area (Å²) in [5.41, 5.74) is 8.79. The summed E-state index contributed by atoms with van der Waals surface area (Å²) < 4.78 is 53.9. The fourth-order valence-electron chi connectivity index (χ4n) is 7.22. The van der Waals surface area contributed by atoms with E-state index in [2.05, 4.69) is 81.3 Å². The molecule has 1 saturated heterocycles. The van der Waals surface area contributed by atoms with Crippen molar-refractivity contribution in [2.75, 3.05) is 38.8 Å². The second kappa shape index (κ2) is 16.6. The number of hydrogen-bond acceptors (Lipinski definition) is 7. The Morgan fingerprint density at radius 3 is 2.38 bits per heavy atom. The summed E-state index contributed by atoms with van der Waals surface area (Å²) in [5, 5.41) is 3.53. The second-order valence-corrected chi connectivity index (χ2v) is 13.5. The normalized spacial score (nSPS) is 16.6. The van der Waals surface area contributed by atoms with Gasteiger partial charge < -0.3 is 24.4 Å². The van der Waals surface area contributed by atoms with Crippen molar-refractivity contribution in [2.45, 2.75) is 64.5 Å². The molecule has 2 aliphatic heterocycles. The predicted molar refractivity (Wildman–Crippen MR) is 200 cm³/mol. The molecule has 52 heavy (non-hydrogen) atoms. The van der Waals surface area contributed by atoms with E-state index in [1.165, 1.54) is 34.4 Å². The van der Waals surface area contributed by atoms with E-state index in [0.29, 0.717) is 18.0 Å². The first-order valence-corrected chi connectivity index (χ1v) is 17.9. The molecule has 10 heteroatoms. The molecule has 274 valence electrons. The summed E-state index contributed by atoms with van der Waals surface area (Å²) in [4.78, 5) is 9.42. The zero-order chi connectivity index (χ0) is 36.7. The van der Waals surface area contributed by atoms with Gasteiger partial charge in [-0.05, 0) is 115 Å². The van der Waals surface area contributed by atoms with E-state index in [4.69, 9.17) is 9.47 Å². The summed E-state index contributed by atoms with van der Waals surface area (Å²) in [6, 6.07) is 23.1. The van der Waals surface area contributed by atoms with Crippen molar-refractivity contribution < 1.29 is 27.4 Å². The van der Waals surface area contributed by atoms with Gasteiger partial charge >= 0.3 is 6.36 Å². The van der Waals surface area contributed by atoms with Crippen LogP contribution in [0, 0.1) is 6.92 Å². The maximum absolute atomic E-state index is 12.9. The van der Waals surface area contributed by atoms with Crippen LogP contribution in [0.3, 0.4) is 0 Å². The Morgan fingerprint density at radius 2 is 1.67 bits per heavy atom. The number of nitrogens with one attached hydrogen (secondary N) is 1. The molecule has 0 radical (unpaired) electrons. The van der Waals surface area contributed by atoms with Gasteiger partial charge in [-0.2, -0.15) is 0 Å². The number of halogens is 3. The molecule has 0 spiro atoms. The first-order valence-electron chi connectivity index (χ1n) is 17.9. The number of piperidine rings is 1. The summed E-state index contributed by atoms with van der Waals surface area (Å²) in [6.45, 7) is 7.60. The van der Waals surface area contributed by atoms with Crippen molar-refractivity contribution in [3.63, 3.8) is 0 Å². The van der Waals surface area contributed by atoms with Crippen molar-refractivity contribution >= 4 is 5.69 Å². The van der Waals surface area contributed by atoms with E-state index in [-0.39, 0.29) is 17.8 Å². The molecule has 1 aromatic heterocycles. The monoisotopic (exact) mass is 712 g/mol. The number of hydrogen-bond donors (Lipinski definition) is 1. The predicted octanol–water partition coefficient (Wildman–Crippen LogP) is 9.18. The maximum atomic E-state index is 12.9. The number of benzene rings is 3. The highest BCUT2D eigenvalue weighted by atomic mass is 19.4. The quantitative estimate of drug-likeness (QED) is 0.148. The summed E-state index contributed by atoms with van der Waals surface area (Å²) in [7, 11) is 3.20. The lowest BCUT2D eigenvalue weighted by molar-refractivity contribution is -0.274. The first kappa shape index (κ1) is 36.8. The molecule has 4 aromatic rings. The SMILES string of the molecule is CCCc1cc(C)cc(C2C=C(CN3CCC(N(Cc4ccnc(-c5ccc(OC)c(OC)c5)c4)c4ccc(OC(F)(F)F)cc4)CC3)C=CN2)c1. The van der Waals surface area contributed by atoms with Crippen LogP contribution in [0.4, 0.5) is 18.9 Å². The molecule has 0 amide bonds. The summed E-state index contributed by atoms with van der Waals surface area (Å²) in [6.07, 6.45) is 7.63. The molecule has 1 N–H and O–H groups in total. The molecule has 0 saturated carbocycles. The lowest BCUT2D eigenvalue weighted by Crippen LogP contribution is -2.45. The molecule has 1 atom stereocenters. The number of alkyl halides is 3. The highest BCUT2D eigenvalue weighted by molar-refractivity contribution is 5.64. The fraction of sp³-hybridized carbons (Fsp3) is 0.357. The fourth-order valence-corrected chi connectivity index (χ4v) is 7.22. The molecule has 3 aromatic carbocycles. The zero-order valence-electron chi connectivity index (χ0n) is 30.2. The van der Waals surface area contributed by atoms with Gasteiger partial charge in [0.15, 0.2) is 11.5 Å². The van der Waals surface area contributed by atoms with Gasteiger partial charge in [-0.25, -0.2) is 0 Å². The number of methoxy groups -OCH3 is 2. The first-order chi connectivity index (χ1) is 25.1. The molecule has 6 rings (SSSR count). The van der Waals surface area contributed by atoms with Crippen LogP contribution in [-0.4, -0.2) is 56.1 Å². The topological polar surface area (TPSA) is 59.1 Å². The van der Waals surface area contributed by atoms with Crippen molar-refractivity contribution in [1.82, 2.24) is 15.2 Å². The molecule has 1 unspecified atom stereocenters. The molecule has 7 nitrogen and oxygen atoms in total. The van der Waals surface area contributed by atoms with Crippen molar-refractivity contribution in [3.05, 3.63) is 125 Å². The molecular formula is C42H47F3N4O3. The van der Waals surface area contributed by atoms with Gasteiger partial charge in [0.05, 0.1) is 26.0 Å². The number of likely N-dealkylation sites (tertiary alicyclic amines) is 1. The molecular weight excluding hydrogens is 665 g/mol. The highest BCUT2D eigenvalue weighted by Crippen LogP contribution is 2.34.